The number of benzene rings is 2. The Morgan fingerprint density at radius 2 is 1.57 bits per heavy atom. The van der Waals surface area contributed by atoms with E-state index in [0.29, 0.717) is 34.7 Å². The van der Waals surface area contributed by atoms with Crippen LogP contribution in [0.1, 0.15) is 70.8 Å². The molecule has 3 heterocycles. The Hall–Kier alpha value is -3.54. The predicted octanol–water partition coefficient (Wildman–Crippen LogP) is 6.77. The van der Waals surface area contributed by atoms with Crippen LogP contribution in [0.25, 0.3) is 38.9 Å². The van der Waals surface area contributed by atoms with E-state index in [1.165, 1.54) is 24.8 Å². The predicted molar refractivity (Wildman–Crippen MR) is 143 cm³/mol. The van der Waals surface area contributed by atoms with Crippen LogP contribution < -0.4 is 5.56 Å². The standard InChI is InChI=1S/C29H33N5O/c1-4-6-7-8-11-18-33-19-30-27-25(29(33)35)26-28(32-24-13-10-9-12-23(24)31-26)34(27)22-16-14-21(15-17-22)20(3)5-2/h9-10,12-17,19-20H,4-8,11,18H2,1-3H3/t20-/m1/s1. The molecule has 0 bridgehead atoms. The Bertz CT molecular complexity index is 1530. The number of nitrogens with zero attached hydrogens (tertiary/aromatic N) is 5. The maximum absolute atomic E-state index is 13.7. The summed E-state index contributed by atoms with van der Waals surface area (Å²) in [6.45, 7) is 7.31. The first-order chi connectivity index (χ1) is 17.1. The van der Waals surface area contributed by atoms with E-state index in [0.717, 1.165) is 36.0 Å². The van der Waals surface area contributed by atoms with Gasteiger partial charge in [-0.1, -0.05) is 70.7 Å². The third-order valence-electron chi connectivity index (χ3n) is 7.07. The van der Waals surface area contributed by atoms with E-state index in [2.05, 4.69) is 45.0 Å². The summed E-state index contributed by atoms with van der Waals surface area (Å²) in [5.74, 6) is 0.494. The molecule has 5 rings (SSSR count). The van der Waals surface area contributed by atoms with Crippen molar-refractivity contribution in [2.45, 2.75) is 71.8 Å². The van der Waals surface area contributed by atoms with Gasteiger partial charge in [0.15, 0.2) is 11.3 Å². The Morgan fingerprint density at radius 1 is 0.857 bits per heavy atom. The molecular formula is C29H33N5O. The van der Waals surface area contributed by atoms with Gasteiger partial charge in [-0.25, -0.2) is 15.0 Å². The average molecular weight is 468 g/mol. The number of para-hydroxylation sites is 2. The lowest BCUT2D eigenvalue weighted by atomic mass is 9.99. The van der Waals surface area contributed by atoms with Gasteiger partial charge in [0, 0.05) is 12.2 Å². The van der Waals surface area contributed by atoms with Gasteiger partial charge in [-0.3, -0.25) is 13.9 Å². The highest BCUT2D eigenvalue weighted by Crippen LogP contribution is 2.29. The summed E-state index contributed by atoms with van der Waals surface area (Å²) in [7, 11) is 0. The minimum atomic E-state index is -0.0463. The molecule has 0 spiro atoms. The van der Waals surface area contributed by atoms with Gasteiger partial charge in [0.05, 0.1) is 17.4 Å². The highest BCUT2D eigenvalue weighted by atomic mass is 16.1. The molecule has 0 saturated heterocycles. The van der Waals surface area contributed by atoms with Crippen molar-refractivity contribution in [1.29, 1.82) is 0 Å². The molecule has 0 aliphatic carbocycles. The Kier molecular flexibility index (Phi) is 6.62. The fourth-order valence-corrected chi connectivity index (χ4v) is 4.75. The van der Waals surface area contributed by atoms with Gasteiger partial charge in [-0.15, -0.1) is 0 Å². The molecule has 0 unspecified atom stereocenters. The highest BCUT2D eigenvalue weighted by Gasteiger charge is 2.21. The van der Waals surface area contributed by atoms with Crippen LogP contribution in [-0.4, -0.2) is 24.1 Å². The monoisotopic (exact) mass is 467 g/mol. The molecule has 35 heavy (non-hydrogen) atoms. The molecule has 6 heteroatoms. The van der Waals surface area contributed by atoms with Crippen molar-refractivity contribution in [2.24, 2.45) is 0 Å². The first kappa shape index (κ1) is 23.2. The number of rotatable bonds is 9. The number of hydrogen-bond acceptors (Lipinski definition) is 4. The molecule has 0 amide bonds. The SMILES string of the molecule is CCCCCCCn1cnc2c(c1=O)c1nc3ccccc3nc1n2-c1ccc([C@H](C)CC)cc1. The molecule has 6 nitrogen and oxygen atoms in total. The van der Waals surface area contributed by atoms with E-state index < -0.39 is 0 Å². The van der Waals surface area contributed by atoms with E-state index in [9.17, 15) is 4.79 Å². The average Bonchev–Trinajstić information content (AvgIpc) is 3.21. The smallest absolute Gasteiger partial charge is 0.265 e. The van der Waals surface area contributed by atoms with Crippen molar-refractivity contribution in [3.05, 3.63) is 70.8 Å². The molecule has 0 aliphatic heterocycles. The number of unbranched alkanes of at least 4 members (excludes halogenated alkanes) is 4. The normalized spacial score (nSPS) is 12.7. The van der Waals surface area contributed by atoms with Crippen molar-refractivity contribution < 1.29 is 0 Å². The fourth-order valence-electron chi connectivity index (χ4n) is 4.75. The third-order valence-corrected chi connectivity index (χ3v) is 7.07. The molecule has 1 atom stereocenters. The lowest BCUT2D eigenvalue weighted by Gasteiger charge is -2.11. The highest BCUT2D eigenvalue weighted by molar-refractivity contribution is 6.05. The van der Waals surface area contributed by atoms with Crippen LogP contribution in [0.4, 0.5) is 0 Å². The van der Waals surface area contributed by atoms with Crippen molar-refractivity contribution in [2.75, 3.05) is 0 Å². The second kappa shape index (κ2) is 9.98. The van der Waals surface area contributed by atoms with Crippen LogP contribution in [-0.2, 0) is 6.54 Å². The number of aryl methyl sites for hydroxylation is 1. The molecule has 0 fully saturated rings. The van der Waals surface area contributed by atoms with Crippen molar-refractivity contribution in [1.82, 2.24) is 24.1 Å². The van der Waals surface area contributed by atoms with Crippen molar-refractivity contribution in [3.63, 3.8) is 0 Å². The summed E-state index contributed by atoms with van der Waals surface area (Å²) >= 11 is 0. The summed E-state index contributed by atoms with van der Waals surface area (Å²) in [6, 6.07) is 16.3. The van der Waals surface area contributed by atoms with Crippen LogP contribution in [0.5, 0.6) is 0 Å². The Morgan fingerprint density at radius 3 is 2.29 bits per heavy atom. The topological polar surface area (TPSA) is 65.6 Å². The van der Waals surface area contributed by atoms with Crippen molar-refractivity contribution >= 4 is 33.2 Å². The lowest BCUT2D eigenvalue weighted by molar-refractivity contribution is 0.556. The molecule has 2 aromatic carbocycles. The molecule has 0 aliphatic rings. The quantitative estimate of drug-likeness (QED) is 0.224. The zero-order chi connectivity index (χ0) is 24.4. The molecule has 5 aromatic rings. The van der Waals surface area contributed by atoms with E-state index >= 15 is 0 Å². The fraction of sp³-hybridized carbons (Fsp3) is 0.379. The molecular weight excluding hydrogens is 434 g/mol. The van der Waals surface area contributed by atoms with E-state index in [-0.39, 0.29) is 5.56 Å². The largest absolute Gasteiger partial charge is 0.299 e. The van der Waals surface area contributed by atoms with Gasteiger partial charge >= 0.3 is 0 Å². The Labute approximate surface area is 205 Å². The third kappa shape index (κ3) is 4.33. The van der Waals surface area contributed by atoms with E-state index in [4.69, 9.17) is 15.0 Å². The lowest BCUT2D eigenvalue weighted by Crippen LogP contribution is -2.20. The molecule has 0 radical (unpaired) electrons. The Balaban J connectivity index is 1.68. The second-order valence-electron chi connectivity index (χ2n) is 9.48. The van der Waals surface area contributed by atoms with Crippen LogP contribution >= 0.6 is 0 Å². The maximum Gasteiger partial charge on any atom is 0.265 e. The van der Waals surface area contributed by atoms with E-state index in [1.54, 1.807) is 10.9 Å². The molecule has 180 valence electrons. The zero-order valence-corrected chi connectivity index (χ0v) is 20.9. The second-order valence-corrected chi connectivity index (χ2v) is 9.48. The molecule has 3 aromatic heterocycles. The van der Waals surface area contributed by atoms with Crippen molar-refractivity contribution in [3.8, 4) is 5.69 Å². The minimum absolute atomic E-state index is 0.0463. The van der Waals surface area contributed by atoms with Crippen LogP contribution in [0.3, 0.4) is 0 Å². The van der Waals surface area contributed by atoms with Crippen LogP contribution in [0.2, 0.25) is 0 Å². The van der Waals surface area contributed by atoms with Crippen LogP contribution in [0.15, 0.2) is 59.7 Å². The van der Waals surface area contributed by atoms with Crippen LogP contribution in [0, 0.1) is 0 Å². The zero-order valence-electron chi connectivity index (χ0n) is 20.9. The van der Waals surface area contributed by atoms with Gasteiger partial charge in [-0.05, 0) is 48.6 Å². The molecule has 0 N–H and O–H groups in total. The summed E-state index contributed by atoms with van der Waals surface area (Å²) in [4.78, 5) is 28.3. The number of hydrogen-bond donors (Lipinski definition) is 0. The summed E-state index contributed by atoms with van der Waals surface area (Å²) in [5.41, 5.74) is 5.66. The summed E-state index contributed by atoms with van der Waals surface area (Å²) in [6.07, 6.45) is 8.50. The van der Waals surface area contributed by atoms with E-state index in [1.807, 2.05) is 28.8 Å². The van der Waals surface area contributed by atoms with Gasteiger partial charge in [0.2, 0.25) is 0 Å². The molecule has 0 saturated carbocycles. The number of aromatic nitrogens is 5. The van der Waals surface area contributed by atoms with Gasteiger partial charge in [-0.2, -0.15) is 0 Å². The maximum atomic E-state index is 13.7. The number of fused-ring (bicyclic) bond motifs is 4. The first-order valence-electron chi connectivity index (χ1n) is 12.9. The summed E-state index contributed by atoms with van der Waals surface area (Å²) < 4.78 is 3.72. The first-order valence-corrected chi connectivity index (χ1v) is 12.9. The summed E-state index contributed by atoms with van der Waals surface area (Å²) in [5, 5.41) is 0.542. The van der Waals surface area contributed by atoms with Gasteiger partial charge in [0.25, 0.3) is 5.56 Å². The van der Waals surface area contributed by atoms with Gasteiger partial charge < -0.3 is 0 Å². The van der Waals surface area contributed by atoms with Gasteiger partial charge in [0.1, 0.15) is 10.9 Å². The minimum Gasteiger partial charge on any atom is -0.299 e.